The van der Waals surface area contributed by atoms with Gasteiger partial charge in [0.25, 0.3) is 0 Å². The summed E-state index contributed by atoms with van der Waals surface area (Å²) in [5.74, 6) is -2.08. The van der Waals surface area contributed by atoms with Crippen LogP contribution in [0, 0.1) is 0 Å². The van der Waals surface area contributed by atoms with Crippen molar-refractivity contribution in [1.82, 2.24) is 5.32 Å². The van der Waals surface area contributed by atoms with Crippen molar-refractivity contribution < 1.29 is 19.4 Å². The fraction of sp³-hybridized carbons (Fsp3) is 0.500. The molecule has 0 unspecified atom stereocenters. The van der Waals surface area contributed by atoms with Crippen LogP contribution in [0.4, 0.5) is 0 Å². The summed E-state index contributed by atoms with van der Waals surface area (Å²) in [7, 11) is 1.44. The Hall–Kier alpha value is -1.92. The number of rotatable bonds is 6. The third-order valence-corrected chi connectivity index (χ3v) is 3.27. The van der Waals surface area contributed by atoms with Gasteiger partial charge < -0.3 is 15.6 Å². The first-order valence-electron chi connectivity index (χ1n) is 7.08. The molecule has 0 bridgehead atoms. The van der Waals surface area contributed by atoms with Gasteiger partial charge >= 0.3 is 11.9 Å². The van der Waals surface area contributed by atoms with Crippen LogP contribution < -0.4 is 11.1 Å². The topological polar surface area (TPSA) is 102 Å². The summed E-state index contributed by atoms with van der Waals surface area (Å²) >= 11 is 0. The Morgan fingerprint density at radius 1 is 1.18 bits per heavy atom. The van der Waals surface area contributed by atoms with E-state index in [0.29, 0.717) is 12.1 Å². The number of ether oxygens (including phenoxy) is 1. The van der Waals surface area contributed by atoms with Gasteiger partial charge in [0.05, 0.1) is 0 Å². The van der Waals surface area contributed by atoms with E-state index < -0.39 is 23.1 Å². The number of likely N-dealkylation sites (N-methyl/N-ethyl adjacent to an activating group) is 1. The minimum Gasteiger partial charge on any atom is -0.479 e. The lowest BCUT2D eigenvalue weighted by Crippen LogP contribution is -2.60. The zero-order valence-corrected chi connectivity index (χ0v) is 13.5. The fourth-order valence-electron chi connectivity index (χ4n) is 2.00. The van der Waals surface area contributed by atoms with Crippen molar-refractivity contribution in [3.05, 3.63) is 35.4 Å². The average molecular weight is 308 g/mol. The molecule has 1 atom stereocenters. The van der Waals surface area contributed by atoms with Crippen LogP contribution in [0.25, 0.3) is 0 Å². The van der Waals surface area contributed by atoms with E-state index in [-0.39, 0.29) is 6.42 Å². The summed E-state index contributed by atoms with van der Waals surface area (Å²) in [6.07, 6.45) is -0.0153. The molecule has 0 aliphatic heterocycles. The predicted octanol–water partition coefficient (Wildman–Crippen LogP) is 1.07. The Bertz CT molecular complexity index is 534. The predicted molar refractivity (Wildman–Crippen MR) is 83.3 cm³/mol. The highest BCUT2D eigenvalue weighted by Gasteiger charge is 2.48. The van der Waals surface area contributed by atoms with Gasteiger partial charge in [-0.25, -0.2) is 9.59 Å². The molecule has 0 radical (unpaired) electrons. The van der Waals surface area contributed by atoms with Crippen LogP contribution in [0.2, 0.25) is 0 Å². The maximum Gasteiger partial charge on any atom is 0.338 e. The molecule has 0 aliphatic rings. The van der Waals surface area contributed by atoms with Crippen LogP contribution in [0.15, 0.2) is 24.3 Å². The molecule has 0 heterocycles. The molecule has 0 amide bonds. The molecule has 0 aliphatic carbocycles. The Labute approximate surface area is 130 Å². The number of carboxylic acids is 1. The van der Waals surface area contributed by atoms with Gasteiger partial charge in [0.15, 0.2) is 0 Å². The van der Waals surface area contributed by atoms with E-state index in [1.165, 1.54) is 7.05 Å². The third-order valence-electron chi connectivity index (χ3n) is 3.27. The monoisotopic (exact) mass is 308 g/mol. The molecule has 1 aromatic carbocycles. The summed E-state index contributed by atoms with van der Waals surface area (Å²) in [5, 5.41) is 12.2. The number of nitrogens with two attached hydrogens (primary N) is 1. The molecule has 122 valence electrons. The molecular formula is C16H24N2O4. The van der Waals surface area contributed by atoms with E-state index in [0.717, 1.165) is 5.56 Å². The third kappa shape index (κ3) is 4.29. The number of carbonyl (C=O) groups excluding carboxylic acids is 1. The number of nitrogens with one attached hydrogen (secondary N) is 1. The molecule has 1 aromatic rings. The lowest BCUT2D eigenvalue weighted by molar-refractivity contribution is -0.170. The second kappa shape index (κ2) is 6.89. The number of carboxylic acid groups (broad SMARTS) is 1. The zero-order chi connectivity index (χ0) is 17.0. The van der Waals surface area contributed by atoms with Gasteiger partial charge in [-0.15, -0.1) is 0 Å². The van der Waals surface area contributed by atoms with Crippen molar-refractivity contribution in [2.24, 2.45) is 5.73 Å². The van der Waals surface area contributed by atoms with E-state index >= 15 is 0 Å². The average Bonchev–Trinajstić information content (AvgIpc) is 2.43. The molecule has 0 saturated carbocycles. The van der Waals surface area contributed by atoms with Crippen LogP contribution in [-0.2, 0) is 27.3 Å². The number of esters is 1. The number of carbonyl (C=O) groups is 2. The van der Waals surface area contributed by atoms with E-state index in [1.54, 1.807) is 32.9 Å². The SMILES string of the molecule is CN[C@@](Cc1ccc(CN)cc1)(C(=O)O)C(=O)OC(C)(C)C. The highest BCUT2D eigenvalue weighted by Crippen LogP contribution is 2.20. The molecule has 4 N–H and O–H groups in total. The van der Waals surface area contributed by atoms with Crippen LogP contribution >= 0.6 is 0 Å². The minimum absolute atomic E-state index is 0.0153. The molecule has 0 fully saturated rings. The first-order chi connectivity index (χ1) is 10.1. The number of aliphatic carboxylic acids is 1. The van der Waals surface area contributed by atoms with Gasteiger partial charge in [-0.2, -0.15) is 0 Å². The van der Waals surface area contributed by atoms with Gasteiger partial charge in [-0.3, -0.25) is 5.32 Å². The Balaban J connectivity index is 3.10. The quantitative estimate of drug-likeness (QED) is 0.537. The van der Waals surface area contributed by atoms with Gasteiger partial charge in [0.1, 0.15) is 5.60 Å². The van der Waals surface area contributed by atoms with Crippen LogP contribution in [0.5, 0.6) is 0 Å². The summed E-state index contributed by atoms with van der Waals surface area (Å²) in [6.45, 7) is 5.50. The molecule has 0 spiro atoms. The second-order valence-corrected chi connectivity index (χ2v) is 6.16. The number of hydrogen-bond donors (Lipinski definition) is 3. The summed E-state index contributed by atoms with van der Waals surface area (Å²) < 4.78 is 5.27. The maximum atomic E-state index is 12.4. The Kier molecular flexibility index (Phi) is 5.68. The highest BCUT2D eigenvalue weighted by molar-refractivity contribution is 6.04. The lowest BCUT2D eigenvalue weighted by Gasteiger charge is -2.31. The van der Waals surface area contributed by atoms with Crippen molar-refractivity contribution in [2.75, 3.05) is 7.05 Å². The van der Waals surface area contributed by atoms with Crippen LogP contribution in [-0.4, -0.2) is 35.2 Å². The van der Waals surface area contributed by atoms with E-state index in [2.05, 4.69) is 5.32 Å². The van der Waals surface area contributed by atoms with Gasteiger partial charge in [0.2, 0.25) is 5.54 Å². The molecule has 6 nitrogen and oxygen atoms in total. The molecule has 0 saturated heterocycles. The fourth-order valence-corrected chi connectivity index (χ4v) is 2.00. The largest absolute Gasteiger partial charge is 0.479 e. The first-order valence-corrected chi connectivity index (χ1v) is 7.08. The second-order valence-electron chi connectivity index (χ2n) is 6.16. The van der Waals surface area contributed by atoms with E-state index in [9.17, 15) is 14.7 Å². The number of benzene rings is 1. The number of hydrogen-bond acceptors (Lipinski definition) is 5. The summed E-state index contributed by atoms with van der Waals surface area (Å²) in [4.78, 5) is 24.1. The lowest BCUT2D eigenvalue weighted by atomic mass is 9.90. The maximum absolute atomic E-state index is 12.4. The normalized spacial score (nSPS) is 14.2. The summed E-state index contributed by atoms with van der Waals surface area (Å²) in [6, 6.07) is 7.16. The Morgan fingerprint density at radius 2 is 1.68 bits per heavy atom. The summed E-state index contributed by atoms with van der Waals surface area (Å²) in [5.41, 5.74) is 4.60. The zero-order valence-electron chi connectivity index (χ0n) is 13.5. The van der Waals surface area contributed by atoms with Gasteiger partial charge in [-0.1, -0.05) is 24.3 Å². The van der Waals surface area contributed by atoms with Crippen molar-refractivity contribution in [2.45, 2.75) is 44.9 Å². The molecule has 0 aromatic heterocycles. The van der Waals surface area contributed by atoms with Crippen molar-refractivity contribution in [3.8, 4) is 0 Å². The van der Waals surface area contributed by atoms with Crippen molar-refractivity contribution in [3.63, 3.8) is 0 Å². The van der Waals surface area contributed by atoms with Crippen LogP contribution in [0.1, 0.15) is 31.9 Å². The standard InChI is InChI=1S/C16H24N2O4/c1-15(2,3)22-14(21)16(18-4,13(19)20)9-11-5-7-12(10-17)8-6-11/h5-8,18H,9-10,17H2,1-4H3,(H,19,20)/t16-/m0/s1. The molecular weight excluding hydrogens is 284 g/mol. The molecule has 22 heavy (non-hydrogen) atoms. The van der Waals surface area contributed by atoms with Crippen molar-refractivity contribution >= 4 is 11.9 Å². The van der Waals surface area contributed by atoms with Crippen LogP contribution in [0.3, 0.4) is 0 Å². The Morgan fingerprint density at radius 3 is 2.05 bits per heavy atom. The highest BCUT2D eigenvalue weighted by atomic mass is 16.6. The molecule has 1 rings (SSSR count). The first kappa shape index (κ1) is 18.1. The van der Waals surface area contributed by atoms with E-state index in [1.807, 2.05) is 12.1 Å². The smallest absolute Gasteiger partial charge is 0.338 e. The molecule has 6 heteroatoms. The minimum atomic E-state index is -1.82. The van der Waals surface area contributed by atoms with Gasteiger partial charge in [0, 0.05) is 13.0 Å². The van der Waals surface area contributed by atoms with E-state index in [4.69, 9.17) is 10.5 Å². The van der Waals surface area contributed by atoms with Crippen molar-refractivity contribution in [1.29, 1.82) is 0 Å². The van der Waals surface area contributed by atoms with Gasteiger partial charge in [-0.05, 0) is 38.9 Å².